The molecule has 0 spiro atoms. The van der Waals surface area contributed by atoms with Crippen molar-refractivity contribution in [1.82, 2.24) is 10.6 Å². The van der Waals surface area contributed by atoms with Crippen LogP contribution in [0.4, 0.5) is 0 Å². The van der Waals surface area contributed by atoms with E-state index in [-0.39, 0.29) is 12.4 Å². The van der Waals surface area contributed by atoms with Crippen LogP contribution in [0.1, 0.15) is 64.7 Å². The molecule has 1 heterocycles. The van der Waals surface area contributed by atoms with Crippen molar-refractivity contribution in [2.24, 2.45) is 23.7 Å². The molecular weight excluding hydrogens is 296 g/mol. The van der Waals surface area contributed by atoms with E-state index in [4.69, 9.17) is 0 Å². The number of piperidine rings is 1. The van der Waals surface area contributed by atoms with Gasteiger partial charge in [-0.25, -0.2) is 0 Å². The number of fused-ring (bicyclic) bond motifs is 1. The fourth-order valence-corrected chi connectivity index (χ4v) is 4.88. The smallest absolute Gasteiger partial charge is 0.223 e. The molecule has 0 aromatic heterocycles. The van der Waals surface area contributed by atoms with Crippen molar-refractivity contribution in [2.75, 3.05) is 13.1 Å². The Kier molecular flexibility index (Phi) is 7.01. The van der Waals surface area contributed by atoms with Crippen LogP contribution in [0.3, 0.4) is 0 Å². The van der Waals surface area contributed by atoms with Gasteiger partial charge >= 0.3 is 0 Å². The predicted molar refractivity (Wildman–Crippen MR) is 93.2 cm³/mol. The Labute approximate surface area is 141 Å². The van der Waals surface area contributed by atoms with Crippen molar-refractivity contribution < 1.29 is 4.79 Å². The van der Waals surface area contributed by atoms with Crippen LogP contribution >= 0.6 is 12.4 Å². The van der Waals surface area contributed by atoms with Crippen molar-refractivity contribution in [3.63, 3.8) is 0 Å². The topological polar surface area (TPSA) is 41.1 Å². The lowest BCUT2D eigenvalue weighted by Crippen LogP contribution is -2.47. The highest BCUT2D eigenvalue weighted by Gasteiger charge is 2.35. The molecule has 3 aliphatic rings. The van der Waals surface area contributed by atoms with Crippen LogP contribution in [-0.4, -0.2) is 25.0 Å². The third-order valence-corrected chi connectivity index (χ3v) is 6.32. The summed E-state index contributed by atoms with van der Waals surface area (Å²) in [4.78, 5) is 12.6. The summed E-state index contributed by atoms with van der Waals surface area (Å²) in [6.45, 7) is 4.40. The Morgan fingerprint density at radius 3 is 2.55 bits per heavy atom. The van der Waals surface area contributed by atoms with Crippen molar-refractivity contribution in [2.45, 2.75) is 70.8 Å². The van der Waals surface area contributed by atoms with E-state index in [9.17, 15) is 4.79 Å². The molecule has 2 saturated carbocycles. The molecule has 0 bridgehead atoms. The molecule has 5 unspecified atom stereocenters. The minimum Gasteiger partial charge on any atom is -0.353 e. The Hall–Kier alpha value is -0.280. The first kappa shape index (κ1) is 18.1. The quantitative estimate of drug-likeness (QED) is 0.832. The molecule has 1 saturated heterocycles. The van der Waals surface area contributed by atoms with Gasteiger partial charge in [0, 0.05) is 12.0 Å². The fraction of sp³-hybridized carbons (Fsp3) is 0.944. The van der Waals surface area contributed by atoms with E-state index in [2.05, 4.69) is 17.6 Å². The molecule has 1 aliphatic heterocycles. The molecule has 0 radical (unpaired) electrons. The van der Waals surface area contributed by atoms with Gasteiger partial charge < -0.3 is 10.6 Å². The minimum atomic E-state index is 0. The molecule has 5 atom stereocenters. The lowest BCUT2D eigenvalue weighted by Gasteiger charge is -2.39. The average Bonchev–Trinajstić information content (AvgIpc) is 2.55. The third-order valence-electron chi connectivity index (χ3n) is 6.32. The molecule has 4 heteroatoms. The van der Waals surface area contributed by atoms with Crippen molar-refractivity contribution in [3.8, 4) is 0 Å². The van der Waals surface area contributed by atoms with Crippen LogP contribution in [0.2, 0.25) is 0 Å². The molecule has 2 aliphatic carbocycles. The normalized spacial score (nSPS) is 36.6. The Morgan fingerprint density at radius 2 is 1.82 bits per heavy atom. The van der Waals surface area contributed by atoms with Crippen molar-refractivity contribution in [1.29, 1.82) is 0 Å². The predicted octanol–water partition coefficient (Wildman–Crippen LogP) is 3.52. The number of nitrogens with one attached hydrogen (secondary N) is 2. The SMILES string of the molecule is CC(NC(=O)C1CCC2CCCCC2C1)C1CCCNC1.Cl. The summed E-state index contributed by atoms with van der Waals surface area (Å²) in [5, 5.41) is 6.79. The minimum absolute atomic E-state index is 0. The standard InChI is InChI=1S/C18H32N2O.ClH/c1-13(17-7-4-10-19-12-17)20-18(21)16-9-8-14-5-2-3-6-15(14)11-16;/h13-17,19H,2-12H2,1H3,(H,20,21);1H. The van der Waals surface area contributed by atoms with Gasteiger partial charge in [0.25, 0.3) is 0 Å². The van der Waals surface area contributed by atoms with Crippen molar-refractivity contribution >= 4 is 18.3 Å². The summed E-state index contributed by atoms with van der Waals surface area (Å²) in [6.07, 6.45) is 11.7. The molecule has 1 amide bonds. The Morgan fingerprint density at radius 1 is 1.05 bits per heavy atom. The zero-order valence-electron chi connectivity index (χ0n) is 14.0. The lowest BCUT2D eigenvalue weighted by atomic mass is 9.67. The second kappa shape index (κ2) is 8.54. The number of rotatable bonds is 3. The first-order valence-electron chi connectivity index (χ1n) is 9.25. The highest BCUT2D eigenvalue weighted by Crippen LogP contribution is 2.42. The van der Waals surface area contributed by atoms with Gasteiger partial charge in [0.2, 0.25) is 5.91 Å². The van der Waals surface area contributed by atoms with Gasteiger partial charge in [-0.15, -0.1) is 12.4 Å². The number of halogens is 1. The maximum absolute atomic E-state index is 12.6. The summed E-state index contributed by atoms with van der Waals surface area (Å²) in [5.74, 6) is 3.03. The second-order valence-electron chi connectivity index (χ2n) is 7.72. The summed E-state index contributed by atoms with van der Waals surface area (Å²) in [6, 6.07) is 0.328. The van der Waals surface area contributed by atoms with Crippen LogP contribution < -0.4 is 10.6 Å². The van der Waals surface area contributed by atoms with E-state index in [1.54, 1.807) is 0 Å². The average molecular weight is 329 g/mol. The summed E-state index contributed by atoms with van der Waals surface area (Å²) >= 11 is 0. The summed E-state index contributed by atoms with van der Waals surface area (Å²) in [7, 11) is 0. The largest absolute Gasteiger partial charge is 0.353 e. The van der Waals surface area contributed by atoms with Crippen LogP contribution in [0.5, 0.6) is 0 Å². The highest BCUT2D eigenvalue weighted by atomic mass is 35.5. The zero-order valence-corrected chi connectivity index (χ0v) is 14.8. The van der Waals surface area contributed by atoms with E-state index in [1.165, 1.54) is 44.9 Å². The van der Waals surface area contributed by atoms with Gasteiger partial charge in [0.05, 0.1) is 0 Å². The number of carbonyl (C=O) groups is 1. The molecule has 3 rings (SSSR count). The van der Waals surface area contributed by atoms with Gasteiger partial charge in [-0.2, -0.15) is 0 Å². The monoisotopic (exact) mass is 328 g/mol. The number of carbonyl (C=O) groups excluding carboxylic acids is 1. The first-order valence-corrected chi connectivity index (χ1v) is 9.25. The lowest BCUT2D eigenvalue weighted by molar-refractivity contribution is -0.128. The van der Waals surface area contributed by atoms with Gasteiger partial charge in [-0.1, -0.05) is 25.7 Å². The van der Waals surface area contributed by atoms with Gasteiger partial charge in [0.1, 0.15) is 0 Å². The first-order chi connectivity index (χ1) is 10.2. The maximum atomic E-state index is 12.6. The second-order valence-corrected chi connectivity index (χ2v) is 7.72. The molecule has 0 aromatic carbocycles. The summed E-state index contributed by atoms with van der Waals surface area (Å²) in [5.41, 5.74) is 0. The fourth-order valence-electron chi connectivity index (χ4n) is 4.88. The van der Waals surface area contributed by atoms with Crippen LogP contribution in [0, 0.1) is 23.7 Å². The Balaban J connectivity index is 0.00000176. The van der Waals surface area contributed by atoms with E-state index < -0.39 is 0 Å². The molecule has 3 fully saturated rings. The molecule has 0 aromatic rings. The van der Waals surface area contributed by atoms with Crippen LogP contribution in [-0.2, 0) is 4.79 Å². The van der Waals surface area contributed by atoms with Crippen LogP contribution in [0.25, 0.3) is 0 Å². The van der Waals surface area contributed by atoms with Gasteiger partial charge in [-0.3, -0.25) is 4.79 Å². The maximum Gasteiger partial charge on any atom is 0.223 e. The van der Waals surface area contributed by atoms with Crippen molar-refractivity contribution in [3.05, 3.63) is 0 Å². The number of amides is 1. The van der Waals surface area contributed by atoms with E-state index in [0.29, 0.717) is 23.8 Å². The van der Waals surface area contributed by atoms with Gasteiger partial charge in [0.15, 0.2) is 0 Å². The van der Waals surface area contributed by atoms with E-state index in [1.807, 2.05) is 0 Å². The molecule has 128 valence electrons. The van der Waals surface area contributed by atoms with E-state index in [0.717, 1.165) is 37.8 Å². The molecule has 3 nitrogen and oxygen atoms in total. The molecular formula is C18H33ClN2O. The van der Waals surface area contributed by atoms with Gasteiger partial charge in [-0.05, 0) is 69.9 Å². The van der Waals surface area contributed by atoms with Crippen LogP contribution in [0.15, 0.2) is 0 Å². The highest BCUT2D eigenvalue weighted by molar-refractivity contribution is 5.85. The zero-order chi connectivity index (χ0) is 14.7. The number of hydrogen-bond donors (Lipinski definition) is 2. The third kappa shape index (κ3) is 4.38. The molecule has 2 N–H and O–H groups in total. The Bertz CT molecular complexity index is 357. The number of hydrogen-bond acceptors (Lipinski definition) is 2. The van der Waals surface area contributed by atoms with E-state index >= 15 is 0 Å². The molecule has 22 heavy (non-hydrogen) atoms. The summed E-state index contributed by atoms with van der Waals surface area (Å²) < 4.78 is 0.